The average molecular weight is 267 g/mol. The predicted molar refractivity (Wildman–Crippen MR) is 70.2 cm³/mol. The average Bonchev–Trinajstić information content (AvgIpc) is 2.83. The van der Waals surface area contributed by atoms with E-state index < -0.39 is 0 Å². The standard InChI is InChI=1S/C14H14OS.ClH/c15-13-7-8-14(16-9-3-4-10-16)12-6-2-1-5-11(12)13;/h1-2,5-8H,3-4,9-10H2;1H. The molecule has 90 valence electrons. The zero-order valence-electron chi connectivity index (χ0n) is 9.53. The lowest BCUT2D eigenvalue weighted by Crippen LogP contribution is -3.00. The van der Waals surface area contributed by atoms with E-state index in [4.69, 9.17) is 0 Å². The van der Waals surface area contributed by atoms with E-state index in [1.165, 1.54) is 34.6 Å². The van der Waals surface area contributed by atoms with Gasteiger partial charge in [-0.1, -0.05) is 18.2 Å². The van der Waals surface area contributed by atoms with Crippen molar-refractivity contribution in [2.45, 2.75) is 17.7 Å². The molecule has 0 spiro atoms. The Morgan fingerprint density at radius 1 is 0.882 bits per heavy atom. The molecule has 0 radical (unpaired) electrons. The molecule has 1 aliphatic heterocycles. The third kappa shape index (κ3) is 2.24. The summed E-state index contributed by atoms with van der Waals surface area (Å²) < 4.78 is 0. The normalized spacial score (nSPS) is 16.0. The molecule has 0 unspecified atom stereocenters. The van der Waals surface area contributed by atoms with Gasteiger partial charge in [-0.15, -0.1) is 0 Å². The Bertz CT molecular complexity index is 521. The number of hydrogen-bond acceptors (Lipinski definition) is 1. The van der Waals surface area contributed by atoms with Gasteiger partial charge >= 0.3 is 0 Å². The lowest BCUT2D eigenvalue weighted by atomic mass is 10.1. The summed E-state index contributed by atoms with van der Waals surface area (Å²) in [4.78, 5) is 1.45. The summed E-state index contributed by atoms with van der Waals surface area (Å²) in [7, 11) is 0.415. The molecule has 0 saturated carbocycles. The van der Waals surface area contributed by atoms with Crippen LogP contribution in [0, 0.1) is 0 Å². The van der Waals surface area contributed by atoms with Crippen LogP contribution in [0.15, 0.2) is 41.3 Å². The number of phenolic OH excluding ortho intramolecular Hbond substituents is 1. The molecular weight excluding hydrogens is 252 g/mol. The van der Waals surface area contributed by atoms with Crippen LogP contribution in [0.3, 0.4) is 0 Å². The number of phenols is 1. The number of fused-ring (bicyclic) bond motifs is 1. The molecule has 0 atom stereocenters. The van der Waals surface area contributed by atoms with Gasteiger partial charge in [0.2, 0.25) is 0 Å². The van der Waals surface area contributed by atoms with Gasteiger partial charge in [0, 0.05) is 21.7 Å². The fourth-order valence-electron chi connectivity index (χ4n) is 2.38. The van der Waals surface area contributed by atoms with E-state index in [9.17, 15) is 5.11 Å². The van der Waals surface area contributed by atoms with Gasteiger partial charge in [0.15, 0.2) is 4.90 Å². The van der Waals surface area contributed by atoms with E-state index >= 15 is 0 Å². The largest absolute Gasteiger partial charge is 1.00 e. The van der Waals surface area contributed by atoms with Crippen LogP contribution >= 0.6 is 0 Å². The van der Waals surface area contributed by atoms with E-state index in [1.54, 1.807) is 0 Å². The van der Waals surface area contributed by atoms with Crippen molar-refractivity contribution in [3.8, 4) is 5.75 Å². The number of benzene rings is 2. The molecule has 3 heteroatoms. The van der Waals surface area contributed by atoms with E-state index in [0.29, 0.717) is 16.6 Å². The summed E-state index contributed by atoms with van der Waals surface area (Å²) in [5.41, 5.74) is 0. The molecule has 2 aromatic rings. The van der Waals surface area contributed by atoms with E-state index in [-0.39, 0.29) is 12.4 Å². The topological polar surface area (TPSA) is 20.2 Å². The first-order chi connectivity index (χ1) is 7.86. The third-order valence-corrected chi connectivity index (χ3v) is 5.74. The second-order valence-electron chi connectivity index (χ2n) is 4.24. The van der Waals surface area contributed by atoms with Crippen LogP contribution in [-0.2, 0) is 10.9 Å². The monoisotopic (exact) mass is 266 g/mol. The minimum atomic E-state index is 0. The van der Waals surface area contributed by atoms with Gasteiger partial charge in [0.1, 0.15) is 17.3 Å². The maximum Gasteiger partial charge on any atom is 0.162 e. The van der Waals surface area contributed by atoms with Crippen molar-refractivity contribution in [1.29, 1.82) is 0 Å². The van der Waals surface area contributed by atoms with Crippen LogP contribution in [0.1, 0.15) is 12.8 Å². The zero-order valence-corrected chi connectivity index (χ0v) is 11.1. The number of aromatic hydroxyl groups is 1. The Morgan fingerprint density at radius 2 is 1.53 bits per heavy atom. The molecule has 1 fully saturated rings. The highest BCUT2D eigenvalue weighted by atomic mass is 35.5. The molecule has 1 nitrogen and oxygen atoms in total. The highest BCUT2D eigenvalue weighted by molar-refractivity contribution is 7.97. The summed E-state index contributed by atoms with van der Waals surface area (Å²) in [6.07, 6.45) is 2.72. The maximum atomic E-state index is 9.84. The molecular formula is C14H15ClOS. The Kier molecular flexibility index (Phi) is 3.85. The zero-order chi connectivity index (χ0) is 11.0. The predicted octanol–water partition coefficient (Wildman–Crippen LogP) is 0.320. The van der Waals surface area contributed by atoms with Crippen LogP contribution in [-0.4, -0.2) is 16.6 Å². The highest BCUT2D eigenvalue weighted by Crippen LogP contribution is 2.33. The summed E-state index contributed by atoms with van der Waals surface area (Å²) in [5.74, 6) is 3.06. The molecule has 1 N–H and O–H groups in total. The van der Waals surface area contributed by atoms with Crippen LogP contribution in [0.25, 0.3) is 10.8 Å². The Hall–Kier alpha value is -0.860. The lowest BCUT2D eigenvalue weighted by Gasteiger charge is -2.06. The molecule has 0 amide bonds. The minimum Gasteiger partial charge on any atom is -1.00 e. The van der Waals surface area contributed by atoms with Gasteiger partial charge in [0.25, 0.3) is 0 Å². The van der Waals surface area contributed by atoms with Crippen molar-refractivity contribution in [3.05, 3.63) is 36.4 Å². The van der Waals surface area contributed by atoms with Gasteiger partial charge in [-0.2, -0.15) is 0 Å². The fourth-order valence-corrected chi connectivity index (χ4v) is 4.88. The number of hydrogen-bond donors (Lipinski definition) is 1. The van der Waals surface area contributed by atoms with E-state index in [2.05, 4.69) is 18.2 Å². The summed E-state index contributed by atoms with van der Waals surface area (Å²) >= 11 is 0. The van der Waals surface area contributed by atoms with Crippen LogP contribution in [0.4, 0.5) is 0 Å². The van der Waals surface area contributed by atoms with Crippen molar-refractivity contribution in [2.75, 3.05) is 11.5 Å². The van der Waals surface area contributed by atoms with Crippen molar-refractivity contribution in [2.24, 2.45) is 0 Å². The Labute approximate surface area is 111 Å². The molecule has 0 bridgehead atoms. The molecule has 2 aromatic carbocycles. The first-order valence-electron chi connectivity index (χ1n) is 5.74. The van der Waals surface area contributed by atoms with Gasteiger partial charge in [-0.25, -0.2) is 0 Å². The molecule has 17 heavy (non-hydrogen) atoms. The third-order valence-electron chi connectivity index (χ3n) is 3.20. The van der Waals surface area contributed by atoms with Gasteiger partial charge in [-0.05, 0) is 31.0 Å². The van der Waals surface area contributed by atoms with Crippen molar-refractivity contribution in [3.63, 3.8) is 0 Å². The summed E-state index contributed by atoms with van der Waals surface area (Å²) in [5, 5.41) is 12.1. The molecule has 0 aromatic heterocycles. The molecule has 0 aliphatic carbocycles. The molecule has 1 aliphatic rings. The fraction of sp³-hybridized carbons (Fsp3) is 0.286. The highest BCUT2D eigenvalue weighted by Gasteiger charge is 2.28. The smallest absolute Gasteiger partial charge is 0.162 e. The SMILES string of the molecule is Oc1ccc([S+]2CCCC2)c2ccccc12.[Cl-]. The van der Waals surface area contributed by atoms with Crippen molar-refractivity contribution < 1.29 is 17.5 Å². The lowest BCUT2D eigenvalue weighted by molar-refractivity contribution is -0.00000415. The summed E-state index contributed by atoms with van der Waals surface area (Å²) in [6.45, 7) is 0. The van der Waals surface area contributed by atoms with Crippen molar-refractivity contribution >= 4 is 21.7 Å². The quantitative estimate of drug-likeness (QED) is 0.738. The Balaban J connectivity index is 0.00000108. The first kappa shape index (κ1) is 12.6. The number of halogens is 1. The van der Waals surface area contributed by atoms with Gasteiger partial charge in [-0.3, -0.25) is 0 Å². The van der Waals surface area contributed by atoms with Crippen LogP contribution in [0.5, 0.6) is 5.75 Å². The second-order valence-corrected chi connectivity index (χ2v) is 6.48. The summed E-state index contributed by atoms with van der Waals surface area (Å²) in [6, 6.07) is 12.2. The van der Waals surface area contributed by atoms with Gasteiger partial charge in [0.05, 0.1) is 0 Å². The second kappa shape index (κ2) is 5.19. The van der Waals surface area contributed by atoms with Crippen molar-refractivity contribution in [1.82, 2.24) is 0 Å². The molecule has 1 heterocycles. The molecule has 3 rings (SSSR count). The van der Waals surface area contributed by atoms with E-state index in [1.807, 2.05) is 18.2 Å². The molecule has 1 saturated heterocycles. The van der Waals surface area contributed by atoms with Gasteiger partial charge < -0.3 is 17.5 Å². The number of rotatable bonds is 1. The first-order valence-corrected chi connectivity index (χ1v) is 7.31. The maximum absolute atomic E-state index is 9.84. The van der Waals surface area contributed by atoms with E-state index in [0.717, 1.165) is 5.39 Å². The van der Waals surface area contributed by atoms with Crippen LogP contribution in [0.2, 0.25) is 0 Å². The minimum absolute atomic E-state index is 0. The van der Waals surface area contributed by atoms with Crippen LogP contribution < -0.4 is 12.4 Å². The Morgan fingerprint density at radius 3 is 2.24 bits per heavy atom.